The Balaban J connectivity index is 1.96. The van der Waals surface area contributed by atoms with E-state index in [-0.39, 0.29) is 6.61 Å². The summed E-state index contributed by atoms with van der Waals surface area (Å²) in [7, 11) is 0. The minimum absolute atomic E-state index is 0.118. The summed E-state index contributed by atoms with van der Waals surface area (Å²) in [5.41, 5.74) is 0. The van der Waals surface area contributed by atoms with E-state index in [0.29, 0.717) is 12.5 Å². The van der Waals surface area contributed by atoms with Crippen LogP contribution in [-0.2, 0) is 9.53 Å². The van der Waals surface area contributed by atoms with Gasteiger partial charge in [-0.1, -0.05) is 0 Å². The van der Waals surface area contributed by atoms with Gasteiger partial charge in [-0.2, -0.15) is 0 Å². The van der Waals surface area contributed by atoms with Crippen LogP contribution in [-0.4, -0.2) is 29.7 Å². The Bertz CT molecular complexity index is 145. The van der Waals surface area contributed by atoms with Gasteiger partial charge in [-0.3, -0.25) is 4.79 Å². The van der Waals surface area contributed by atoms with E-state index in [1.807, 2.05) is 0 Å². The smallest absolute Gasteiger partial charge is 0.324 e. The number of ether oxygens (including phenoxy) is 1. The molecular weight excluding hydrogens is 168 g/mol. The molecule has 4 heteroatoms. The molecule has 1 unspecified atom stereocenters. The second kappa shape index (κ2) is 3.93. The van der Waals surface area contributed by atoms with Crippen molar-refractivity contribution in [3.05, 3.63) is 0 Å². The third-order valence-corrected chi connectivity index (χ3v) is 1.90. The minimum Gasteiger partial charge on any atom is -0.480 e. The van der Waals surface area contributed by atoms with Crippen molar-refractivity contribution in [2.75, 3.05) is 13.2 Å². The Kier molecular flexibility index (Phi) is 3.15. The summed E-state index contributed by atoms with van der Waals surface area (Å²) in [5.74, 6) is -0.352. The molecule has 0 saturated heterocycles. The van der Waals surface area contributed by atoms with Gasteiger partial charge in [0.05, 0.1) is 6.61 Å². The number of carboxylic acid groups (broad SMARTS) is 1. The predicted molar refractivity (Wildman–Crippen MR) is 40.8 cm³/mol. The standard InChI is InChI=1S/C7H11ClO3/c8-6(7(9)10)4-11-3-5-1-2-5/h5-6H,1-4H2,(H,9,10). The van der Waals surface area contributed by atoms with Crippen molar-refractivity contribution in [1.82, 2.24) is 0 Å². The lowest BCUT2D eigenvalue weighted by Gasteiger charge is -2.04. The van der Waals surface area contributed by atoms with Crippen molar-refractivity contribution in [2.45, 2.75) is 18.2 Å². The molecule has 1 N–H and O–H groups in total. The van der Waals surface area contributed by atoms with Crippen LogP contribution >= 0.6 is 11.6 Å². The van der Waals surface area contributed by atoms with Gasteiger partial charge in [0.2, 0.25) is 0 Å². The second-order valence-corrected chi connectivity index (χ2v) is 3.31. The van der Waals surface area contributed by atoms with E-state index in [1.165, 1.54) is 12.8 Å². The van der Waals surface area contributed by atoms with Crippen LogP contribution in [0, 0.1) is 5.92 Å². The number of alkyl halides is 1. The Labute approximate surface area is 70.3 Å². The van der Waals surface area contributed by atoms with E-state index in [4.69, 9.17) is 21.4 Å². The van der Waals surface area contributed by atoms with E-state index in [1.54, 1.807) is 0 Å². The summed E-state index contributed by atoms with van der Waals surface area (Å²) in [6.07, 6.45) is 2.42. The number of hydrogen-bond donors (Lipinski definition) is 1. The molecule has 1 rings (SSSR count). The van der Waals surface area contributed by atoms with Crippen molar-refractivity contribution >= 4 is 17.6 Å². The zero-order chi connectivity index (χ0) is 8.27. The highest BCUT2D eigenvalue weighted by Crippen LogP contribution is 2.28. The Morgan fingerprint density at radius 3 is 2.82 bits per heavy atom. The maximum absolute atomic E-state index is 10.2. The van der Waals surface area contributed by atoms with Crippen LogP contribution in [0.2, 0.25) is 0 Å². The highest BCUT2D eigenvalue weighted by molar-refractivity contribution is 6.29. The molecular formula is C7H11ClO3. The van der Waals surface area contributed by atoms with Gasteiger partial charge >= 0.3 is 5.97 Å². The average molecular weight is 179 g/mol. The second-order valence-electron chi connectivity index (χ2n) is 2.79. The van der Waals surface area contributed by atoms with Crippen LogP contribution in [0.25, 0.3) is 0 Å². The molecule has 0 aliphatic heterocycles. The van der Waals surface area contributed by atoms with Crippen molar-refractivity contribution in [3.8, 4) is 0 Å². The summed E-state index contributed by atoms with van der Waals surface area (Å²) in [5, 5.41) is 7.46. The van der Waals surface area contributed by atoms with E-state index < -0.39 is 11.3 Å². The number of aliphatic carboxylic acids is 1. The molecule has 1 saturated carbocycles. The van der Waals surface area contributed by atoms with Crippen LogP contribution in [0.5, 0.6) is 0 Å². The number of carbonyl (C=O) groups is 1. The quantitative estimate of drug-likeness (QED) is 0.642. The normalized spacial score (nSPS) is 19.7. The van der Waals surface area contributed by atoms with Gasteiger partial charge in [0.1, 0.15) is 0 Å². The molecule has 1 aliphatic carbocycles. The molecule has 1 fully saturated rings. The van der Waals surface area contributed by atoms with Gasteiger partial charge in [-0.25, -0.2) is 0 Å². The number of rotatable bonds is 5. The molecule has 11 heavy (non-hydrogen) atoms. The monoisotopic (exact) mass is 178 g/mol. The van der Waals surface area contributed by atoms with Crippen molar-refractivity contribution in [1.29, 1.82) is 0 Å². The Morgan fingerprint density at radius 2 is 2.36 bits per heavy atom. The first-order valence-corrected chi connectivity index (χ1v) is 4.08. The molecule has 0 radical (unpaired) electrons. The topological polar surface area (TPSA) is 46.5 Å². The summed E-state index contributed by atoms with van der Waals surface area (Å²) < 4.78 is 5.07. The molecule has 0 aromatic heterocycles. The van der Waals surface area contributed by atoms with Crippen molar-refractivity contribution < 1.29 is 14.6 Å². The molecule has 1 atom stereocenters. The third kappa shape index (κ3) is 3.58. The lowest BCUT2D eigenvalue weighted by molar-refractivity contribution is -0.137. The molecule has 0 amide bonds. The first kappa shape index (κ1) is 8.81. The fraction of sp³-hybridized carbons (Fsp3) is 0.857. The maximum Gasteiger partial charge on any atom is 0.324 e. The van der Waals surface area contributed by atoms with Crippen LogP contribution in [0.1, 0.15) is 12.8 Å². The van der Waals surface area contributed by atoms with Crippen molar-refractivity contribution in [3.63, 3.8) is 0 Å². The first-order valence-electron chi connectivity index (χ1n) is 3.64. The first-order chi connectivity index (χ1) is 5.20. The molecule has 0 heterocycles. The van der Waals surface area contributed by atoms with Gasteiger partial charge < -0.3 is 9.84 Å². The summed E-state index contributed by atoms with van der Waals surface area (Å²) >= 11 is 5.40. The van der Waals surface area contributed by atoms with Crippen LogP contribution in [0.4, 0.5) is 0 Å². The zero-order valence-electron chi connectivity index (χ0n) is 6.12. The van der Waals surface area contributed by atoms with Crippen LogP contribution in [0.3, 0.4) is 0 Å². The number of hydrogen-bond acceptors (Lipinski definition) is 2. The predicted octanol–water partition coefficient (Wildman–Crippen LogP) is 1.10. The summed E-state index contributed by atoms with van der Waals surface area (Å²) in [4.78, 5) is 10.2. The Hall–Kier alpha value is -0.280. The van der Waals surface area contributed by atoms with E-state index >= 15 is 0 Å². The molecule has 3 nitrogen and oxygen atoms in total. The molecule has 0 aromatic rings. The largest absolute Gasteiger partial charge is 0.480 e. The molecule has 0 aromatic carbocycles. The van der Waals surface area contributed by atoms with Gasteiger partial charge in [0.25, 0.3) is 0 Å². The number of carboxylic acids is 1. The van der Waals surface area contributed by atoms with Gasteiger partial charge in [0.15, 0.2) is 5.38 Å². The summed E-state index contributed by atoms with van der Waals surface area (Å²) in [6, 6.07) is 0. The van der Waals surface area contributed by atoms with Crippen LogP contribution < -0.4 is 0 Å². The zero-order valence-corrected chi connectivity index (χ0v) is 6.88. The lowest BCUT2D eigenvalue weighted by atomic mass is 10.4. The van der Waals surface area contributed by atoms with Gasteiger partial charge in [0, 0.05) is 6.61 Å². The van der Waals surface area contributed by atoms with Gasteiger partial charge in [-0.05, 0) is 18.8 Å². The van der Waals surface area contributed by atoms with Gasteiger partial charge in [-0.15, -0.1) is 11.6 Å². The summed E-state index contributed by atoms with van der Waals surface area (Å²) in [6.45, 7) is 0.782. The molecule has 64 valence electrons. The fourth-order valence-electron chi connectivity index (χ4n) is 0.694. The van der Waals surface area contributed by atoms with E-state index in [0.717, 1.165) is 0 Å². The maximum atomic E-state index is 10.2. The lowest BCUT2D eigenvalue weighted by Crippen LogP contribution is -2.20. The molecule has 0 spiro atoms. The average Bonchev–Trinajstić information content (AvgIpc) is 2.71. The third-order valence-electron chi connectivity index (χ3n) is 1.58. The minimum atomic E-state index is -1.01. The highest BCUT2D eigenvalue weighted by Gasteiger charge is 2.22. The van der Waals surface area contributed by atoms with Crippen LogP contribution in [0.15, 0.2) is 0 Å². The Morgan fingerprint density at radius 1 is 1.73 bits per heavy atom. The van der Waals surface area contributed by atoms with E-state index in [9.17, 15) is 4.79 Å². The molecule has 1 aliphatic rings. The van der Waals surface area contributed by atoms with Crippen molar-refractivity contribution in [2.24, 2.45) is 5.92 Å². The molecule has 0 bridgehead atoms. The SMILES string of the molecule is O=C(O)C(Cl)COCC1CC1. The highest BCUT2D eigenvalue weighted by atomic mass is 35.5. The van der Waals surface area contributed by atoms with E-state index in [2.05, 4.69) is 0 Å². The fourth-order valence-corrected chi connectivity index (χ4v) is 0.783. The number of halogens is 1.